The molecule has 1 unspecified atom stereocenters. The Balaban J connectivity index is 2.07. The van der Waals surface area contributed by atoms with Gasteiger partial charge in [0.1, 0.15) is 5.69 Å². The summed E-state index contributed by atoms with van der Waals surface area (Å²) in [4.78, 5) is 5.17. The third kappa shape index (κ3) is 2.54. The Morgan fingerprint density at radius 1 is 1.60 bits per heavy atom. The second-order valence-electron chi connectivity index (χ2n) is 3.18. The summed E-state index contributed by atoms with van der Waals surface area (Å²) in [6.07, 6.45) is 4.59. The van der Waals surface area contributed by atoms with Crippen molar-refractivity contribution in [2.75, 3.05) is 0 Å². The van der Waals surface area contributed by atoms with Crippen LogP contribution < -0.4 is 0 Å². The highest BCUT2D eigenvalue weighted by molar-refractivity contribution is 7.09. The summed E-state index contributed by atoms with van der Waals surface area (Å²) in [5.41, 5.74) is 2.65. The first-order valence-electron chi connectivity index (χ1n) is 4.71. The lowest BCUT2D eigenvalue weighted by molar-refractivity contribution is 0.654. The molecule has 15 heavy (non-hydrogen) atoms. The van der Waals surface area contributed by atoms with Crippen molar-refractivity contribution in [2.45, 2.75) is 25.3 Å². The normalized spacial score (nSPS) is 12.9. The Morgan fingerprint density at radius 3 is 3.13 bits per heavy atom. The van der Waals surface area contributed by atoms with Crippen LogP contribution in [0.25, 0.3) is 0 Å². The van der Waals surface area contributed by atoms with E-state index in [1.54, 1.807) is 16.0 Å². The van der Waals surface area contributed by atoms with Crippen LogP contribution >= 0.6 is 22.9 Å². The summed E-state index contributed by atoms with van der Waals surface area (Å²) in [5.74, 6) is 0. The van der Waals surface area contributed by atoms with Gasteiger partial charge in [-0.2, -0.15) is 0 Å². The van der Waals surface area contributed by atoms with Gasteiger partial charge in [-0.1, -0.05) is 12.1 Å². The highest BCUT2D eigenvalue weighted by Gasteiger charge is 2.10. The SMILES string of the molecule is CCC(Cl)c1cn(Cc2cncs2)nn1. The standard InChI is InChI=1S/C9H11ClN4S/c1-2-8(10)9-5-14(13-12-9)4-7-3-11-6-15-7/h3,5-6,8H,2,4H2,1H3. The van der Waals surface area contributed by atoms with Crippen LogP contribution in [-0.2, 0) is 6.54 Å². The zero-order valence-corrected chi connectivity index (χ0v) is 9.87. The number of hydrogen-bond acceptors (Lipinski definition) is 4. The monoisotopic (exact) mass is 242 g/mol. The molecule has 0 radical (unpaired) electrons. The fraction of sp³-hybridized carbons (Fsp3) is 0.444. The fourth-order valence-corrected chi connectivity index (χ4v) is 1.91. The van der Waals surface area contributed by atoms with Gasteiger partial charge >= 0.3 is 0 Å². The summed E-state index contributed by atoms with van der Waals surface area (Å²) in [5, 5.41) is 8.01. The molecule has 0 bridgehead atoms. The van der Waals surface area contributed by atoms with Gasteiger partial charge in [0.25, 0.3) is 0 Å². The van der Waals surface area contributed by atoms with E-state index in [1.165, 1.54) is 0 Å². The average molecular weight is 243 g/mol. The van der Waals surface area contributed by atoms with E-state index >= 15 is 0 Å². The highest BCUT2D eigenvalue weighted by atomic mass is 35.5. The van der Waals surface area contributed by atoms with Crippen LogP contribution in [0, 0.1) is 0 Å². The molecule has 0 N–H and O–H groups in total. The summed E-state index contributed by atoms with van der Waals surface area (Å²) in [6, 6.07) is 0. The smallest absolute Gasteiger partial charge is 0.101 e. The van der Waals surface area contributed by atoms with E-state index in [9.17, 15) is 0 Å². The van der Waals surface area contributed by atoms with Crippen LogP contribution in [0.15, 0.2) is 17.9 Å². The van der Waals surface area contributed by atoms with Crippen molar-refractivity contribution in [2.24, 2.45) is 0 Å². The molecule has 2 aromatic rings. The van der Waals surface area contributed by atoms with Crippen LogP contribution in [0.2, 0.25) is 0 Å². The van der Waals surface area contributed by atoms with Gasteiger partial charge in [0.15, 0.2) is 0 Å². The van der Waals surface area contributed by atoms with E-state index < -0.39 is 0 Å². The Labute approximate surface area is 96.9 Å². The van der Waals surface area contributed by atoms with E-state index in [2.05, 4.69) is 15.3 Å². The number of rotatable bonds is 4. The molecule has 0 aliphatic carbocycles. The van der Waals surface area contributed by atoms with Gasteiger partial charge in [-0.3, -0.25) is 4.98 Å². The molecule has 6 heteroatoms. The first kappa shape index (κ1) is 10.6. The Kier molecular flexibility index (Phi) is 3.33. The zero-order chi connectivity index (χ0) is 10.7. The maximum Gasteiger partial charge on any atom is 0.101 e. The molecule has 0 saturated heterocycles. The molecule has 4 nitrogen and oxygen atoms in total. The lowest BCUT2D eigenvalue weighted by Crippen LogP contribution is -1.98. The van der Waals surface area contributed by atoms with Gasteiger partial charge in [-0.05, 0) is 6.42 Å². The van der Waals surface area contributed by atoms with E-state index in [4.69, 9.17) is 11.6 Å². The minimum absolute atomic E-state index is 0.0415. The molecule has 0 amide bonds. The lowest BCUT2D eigenvalue weighted by atomic mass is 10.3. The van der Waals surface area contributed by atoms with E-state index in [0.717, 1.165) is 17.0 Å². The van der Waals surface area contributed by atoms with Crippen LogP contribution in [0.1, 0.15) is 29.3 Å². The van der Waals surface area contributed by atoms with E-state index in [1.807, 2.05) is 24.8 Å². The maximum absolute atomic E-state index is 6.06. The number of hydrogen-bond donors (Lipinski definition) is 0. The summed E-state index contributed by atoms with van der Waals surface area (Å²) >= 11 is 7.67. The van der Waals surface area contributed by atoms with Gasteiger partial charge in [-0.15, -0.1) is 28.0 Å². The molecule has 2 aromatic heterocycles. The lowest BCUT2D eigenvalue weighted by Gasteiger charge is -1.98. The van der Waals surface area contributed by atoms with Crippen molar-refractivity contribution in [3.05, 3.63) is 28.5 Å². The van der Waals surface area contributed by atoms with E-state index in [-0.39, 0.29) is 5.38 Å². The van der Waals surface area contributed by atoms with Gasteiger partial charge in [0.05, 0.1) is 23.6 Å². The molecule has 0 aromatic carbocycles. The molecular weight excluding hydrogens is 232 g/mol. The van der Waals surface area contributed by atoms with Crippen molar-refractivity contribution in [3.8, 4) is 0 Å². The predicted octanol–water partition coefficient (Wildman–Crippen LogP) is 2.47. The van der Waals surface area contributed by atoms with Crippen LogP contribution in [0.3, 0.4) is 0 Å². The van der Waals surface area contributed by atoms with Gasteiger partial charge in [0, 0.05) is 11.1 Å². The third-order valence-electron chi connectivity index (χ3n) is 2.04. The molecule has 0 fully saturated rings. The molecule has 0 aliphatic rings. The predicted molar refractivity (Wildman–Crippen MR) is 60.1 cm³/mol. The second kappa shape index (κ2) is 4.72. The Morgan fingerprint density at radius 2 is 2.47 bits per heavy atom. The van der Waals surface area contributed by atoms with Crippen molar-refractivity contribution in [1.29, 1.82) is 0 Å². The minimum Gasteiger partial charge on any atom is -0.253 e. The second-order valence-corrected chi connectivity index (χ2v) is 4.68. The van der Waals surface area contributed by atoms with Gasteiger partial charge in [0.2, 0.25) is 0 Å². The minimum atomic E-state index is -0.0415. The van der Waals surface area contributed by atoms with Gasteiger partial charge < -0.3 is 0 Å². The number of nitrogens with zero attached hydrogens (tertiary/aromatic N) is 4. The molecule has 2 heterocycles. The summed E-state index contributed by atoms with van der Waals surface area (Å²) < 4.78 is 1.79. The number of halogens is 1. The third-order valence-corrected chi connectivity index (χ3v) is 3.33. The number of alkyl halides is 1. The molecule has 0 saturated carbocycles. The van der Waals surface area contributed by atoms with Crippen molar-refractivity contribution in [1.82, 2.24) is 20.0 Å². The first-order valence-corrected chi connectivity index (χ1v) is 6.02. The maximum atomic E-state index is 6.06. The fourth-order valence-electron chi connectivity index (χ4n) is 1.22. The van der Waals surface area contributed by atoms with Crippen LogP contribution in [0.5, 0.6) is 0 Å². The Bertz CT molecular complexity index is 411. The van der Waals surface area contributed by atoms with Crippen molar-refractivity contribution in [3.63, 3.8) is 0 Å². The molecule has 0 spiro atoms. The summed E-state index contributed by atoms with van der Waals surface area (Å²) in [7, 11) is 0. The molecule has 80 valence electrons. The topological polar surface area (TPSA) is 43.6 Å². The highest BCUT2D eigenvalue weighted by Crippen LogP contribution is 2.21. The average Bonchev–Trinajstić information content (AvgIpc) is 2.88. The van der Waals surface area contributed by atoms with Crippen LogP contribution in [0.4, 0.5) is 0 Å². The van der Waals surface area contributed by atoms with Crippen molar-refractivity contribution < 1.29 is 0 Å². The van der Waals surface area contributed by atoms with Gasteiger partial charge in [-0.25, -0.2) is 4.68 Å². The largest absolute Gasteiger partial charge is 0.253 e. The first-order chi connectivity index (χ1) is 7.29. The zero-order valence-electron chi connectivity index (χ0n) is 8.30. The quantitative estimate of drug-likeness (QED) is 0.774. The molecule has 1 atom stereocenters. The van der Waals surface area contributed by atoms with E-state index in [0.29, 0.717) is 6.54 Å². The Hall–Kier alpha value is -0.940. The number of thiazole rings is 1. The molecule has 2 rings (SSSR count). The molecule has 0 aliphatic heterocycles. The number of aromatic nitrogens is 4. The molecular formula is C9H11ClN4S. The van der Waals surface area contributed by atoms with Crippen molar-refractivity contribution >= 4 is 22.9 Å². The summed E-state index contributed by atoms with van der Waals surface area (Å²) in [6.45, 7) is 2.74. The van der Waals surface area contributed by atoms with Crippen LogP contribution in [-0.4, -0.2) is 20.0 Å².